The van der Waals surface area contributed by atoms with Crippen molar-refractivity contribution < 1.29 is 9.53 Å². The SMILES string of the molecule is CCOC(=O)C(C)(Cn1ncc2ccccc21)NC(C)C. The number of carbonyl (C=O) groups is 1. The Morgan fingerprint density at radius 1 is 1.43 bits per heavy atom. The summed E-state index contributed by atoms with van der Waals surface area (Å²) in [6.45, 7) is 8.50. The Morgan fingerprint density at radius 3 is 2.81 bits per heavy atom. The highest BCUT2D eigenvalue weighted by atomic mass is 16.5. The fourth-order valence-electron chi connectivity index (χ4n) is 2.55. The van der Waals surface area contributed by atoms with Gasteiger partial charge in [-0.2, -0.15) is 5.10 Å². The summed E-state index contributed by atoms with van der Waals surface area (Å²) in [7, 11) is 0. The number of rotatable bonds is 6. The Balaban J connectivity index is 2.32. The molecule has 0 aliphatic carbocycles. The van der Waals surface area contributed by atoms with E-state index in [0.29, 0.717) is 13.2 Å². The van der Waals surface area contributed by atoms with Crippen LogP contribution >= 0.6 is 0 Å². The maximum atomic E-state index is 12.3. The first-order valence-electron chi connectivity index (χ1n) is 7.32. The van der Waals surface area contributed by atoms with Crippen molar-refractivity contribution in [2.24, 2.45) is 0 Å². The summed E-state index contributed by atoms with van der Waals surface area (Å²) in [5.41, 5.74) is 0.206. The number of hydrogen-bond acceptors (Lipinski definition) is 4. The van der Waals surface area contributed by atoms with Gasteiger partial charge in [-0.3, -0.25) is 10.00 Å². The molecule has 2 aromatic rings. The lowest BCUT2D eigenvalue weighted by atomic mass is 10.0. The van der Waals surface area contributed by atoms with E-state index in [0.717, 1.165) is 10.9 Å². The predicted octanol–water partition coefficient (Wildman–Crippen LogP) is 2.36. The summed E-state index contributed by atoms with van der Waals surface area (Å²) >= 11 is 0. The van der Waals surface area contributed by atoms with Crippen molar-refractivity contribution in [2.75, 3.05) is 6.61 Å². The Kier molecular flexibility index (Phi) is 4.63. The molecule has 0 saturated heterocycles. The molecule has 114 valence electrons. The molecule has 5 heteroatoms. The topological polar surface area (TPSA) is 56.2 Å². The molecule has 0 amide bonds. The number of ether oxygens (including phenoxy) is 1. The minimum absolute atomic E-state index is 0.168. The third-order valence-corrected chi connectivity index (χ3v) is 3.35. The van der Waals surface area contributed by atoms with Crippen molar-refractivity contribution in [1.82, 2.24) is 15.1 Å². The molecule has 1 aromatic carbocycles. The van der Waals surface area contributed by atoms with Crippen LogP contribution in [0, 0.1) is 0 Å². The van der Waals surface area contributed by atoms with Crippen LogP contribution in [0.3, 0.4) is 0 Å². The largest absolute Gasteiger partial charge is 0.465 e. The highest BCUT2D eigenvalue weighted by Gasteiger charge is 2.36. The normalized spacial score (nSPS) is 14.3. The summed E-state index contributed by atoms with van der Waals surface area (Å²) in [5, 5.41) is 8.77. The van der Waals surface area contributed by atoms with Gasteiger partial charge in [0.15, 0.2) is 0 Å². The molecule has 1 heterocycles. The average molecular weight is 289 g/mol. The number of fused-ring (bicyclic) bond motifs is 1. The highest BCUT2D eigenvalue weighted by Crippen LogP contribution is 2.18. The van der Waals surface area contributed by atoms with E-state index in [1.54, 1.807) is 0 Å². The summed E-state index contributed by atoms with van der Waals surface area (Å²) in [4.78, 5) is 12.3. The summed E-state index contributed by atoms with van der Waals surface area (Å²) in [6, 6.07) is 8.13. The summed E-state index contributed by atoms with van der Waals surface area (Å²) in [5.74, 6) is -0.252. The number of nitrogens with zero attached hydrogens (tertiary/aromatic N) is 2. The zero-order chi connectivity index (χ0) is 15.5. The average Bonchev–Trinajstić information content (AvgIpc) is 2.81. The van der Waals surface area contributed by atoms with Crippen molar-refractivity contribution in [3.05, 3.63) is 30.5 Å². The van der Waals surface area contributed by atoms with E-state index in [2.05, 4.69) is 10.4 Å². The minimum Gasteiger partial charge on any atom is -0.465 e. The Labute approximate surface area is 125 Å². The predicted molar refractivity (Wildman–Crippen MR) is 83.0 cm³/mol. The summed E-state index contributed by atoms with van der Waals surface area (Å²) < 4.78 is 7.08. The molecule has 0 aliphatic heterocycles. The van der Waals surface area contributed by atoms with Gasteiger partial charge in [0, 0.05) is 11.4 Å². The van der Waals surface area contributed by atoms with Crippen LogP contribution in [0.5, 0.6) is 0 Å². The zero-order valence-electron chi connectivity index (χ0n) is 13.1. The first-order valence-corrected chi connectivity index (χ1v) is 7.32. The van der Waals surface area contributed by atoms with E-state index >= 15 is 0 Å². The van der Waals surface area contributed by atoms with Gasteiger partial charge in [-0.05, 0) is 33.8 Å². The smallest absolute Gasteiger partial charge is 0.327 e. The van der Waals surface area contributed by atoms with E-state index in [1.165, 1.54) is 0 Å². The number of nitrogens with one attached hydrogen (secondary N) is 1. The molecule has 0 fully saturated rings. The standard InChI is InChI=1S/C16H23N3O2/c1-5-21-15(20)16(4,18-12(2)3)11-19-14-9-7-6-8-13(14)10-17-19/h6-10,12,18H,5,11H2,1-4H3. The van der Waals surface area contributed by atoms with Crippen LogP contribution in [-0.4, -0.2) is 33.9 Å². The lowest BCUT2D eigenvalue weighted by Crippen LogP contribution is -2.56. The van der Waals surface area contributed by atoms with Gasteiger partial charge in [-0.15, -0.1) is 0 Å². The van der Waals surface area contributed by atoms with Crippen LogP contribution in [0.25, 0.3) is 10.9 Å². The molecule has 1 unspecified atom stereocenters. The van der Waals surface area contributed by atoms with E-state index in [1.807, 2.05) is 62.8 Å². The monoisotopic (exact) mass is 289 g/mol. The van der Waals surface area contributed by atoms with E-state index in [9.17, 15) is 4.79 Å². The first kappa shape index (κ1) is 15.5. The van der Waals surface area contributed by atoms with Crippen LogP contribution in [0.4, 0.5) is 0 Å². The molecule has 1 N–H and O–H groups in total. The Morgan fingerprint density at radius 2 is 2.14 bits per heavy atom. The molecule has 1 atom stereocenters. The fraction of sp³-hybridized carbons (Fsp3) is 0.500. The highest BCUT2D eigenvalue weighted by molar-refractivity contribution is 5.82. The molecule has 0 saturated carbocycles. The number of carbonyl (C=O) groups excluding carboxylic acids is 1. The van der Waals surface area contributed by atoms with Crippen LogP contribution in [0.15, 0.2) is 30.5 Å². The van der Waals surface area contributed by atoms with Crippen molar-refractivity contribution >= 4 is 16.9 Å². The number of esters is 1. The second-order valence-corrected chi connectivity index (χ2v) is 5.71. The van der Waals surface area contributed by atoms with Crippen LogP contribution < -0.4 is 5.32 Å². The number of para-hydroxylation sites is 1. The fourth-order valence-corrected chi connectivity index (χ4v) is 2.55. The number of hydrogen-bond donors (Lipinski definition) is 1. The number of benzene rings is 1. The molecule has 5 nitrogen and oxygen atoms in total. The van der Waals surface area contributed by atoms with Crippen molar-refractivity contribution in [3.8, 4) is 0 Å². The van der Waals surface area contributed by atoms with Crippen LogP contribution in [0.2, 0.25) is 0 Å². The van der Waals surface area contributed by atoms with E-state index in [-0.39, 0.29) is 12.0 Å². The molecule has 1 aromatic heterocycles. The second kappa shape index (κ2) is 6.26. The van der Waals surface area contributed by atoms with Gasteiger partial charge in [0.25, 0.3) is 0 Å². The first-order chi connectivity index (χ1) is 9.96. The van der Waals surface area contributed by atoms with Gasteiger partial charge < -0.3 is 4.74 Å². The lowest BCUT2D eigenvalue weighted by molar-refractivity contribution is -0.151. The molecular weight excluding hydrogens is 266 g/mol. The molecular formula is C16H23N3O2. The third kappa shape index (κ3) is 3.42. The second-order valence-electron chi connectivity index (χ2n) is 5.71. The summed E-state index contributed by atoms with van der Waals surface area (Å²) in [6.07, 6.45) is 1.82. The molecule has 2 rings (SSSR count). The molecule has 0 aliphatic rings. The molecule has 0 bridgehead atoms. The molecule has 0 spiro atoms. The lowest BCUT2D eigenvalue weighted by Gasteiger charge is -2.30. The van der Waals surface area contributed by atoms with Gasteiger partial charge >= 0.3 is 5.97 Å². The van der Waals surface area contributed by atoms with Gasteiger partial charge in [0.2, 0.25) is 0 Å². The van der Waals surface area contributed by atoms with Crippen molar-refractivity contribution in [2.45, 2.75) is 45.8 Å². The van der Waals surface area contributed by atoms with Crippen LogP contribution in [-0.2, 0) is 16.1 Å². The maximum absolute atomic E-state index is 12.3. The van der Waals surface area contributed by atoms with Gasteiger partial charge in [-0.25, -0.2) is 4.79 Å². The van der Waals surface area contributed by atoms with Gasteiger partial charge in [0.1, 0.15) is 5.54 Å². The van der Waals surface area contributed by atoms with Gasteiger partial charge in [0.05, 0.1) is 24.9 Å². The van der Waals surface area contributed by atoms with E-state index in [4.69, 9.17) is 4.74 Å². The quantitative estimate of drug-likeness (QED) is 0.829. The minimum atomic E-state index is -0.807. The molecule has 0 radical (unpaired) electrons. The van der Waals surface area contributed by atoms with Crippen molar-refractivity contribution in [1.29, 1.82) is 0 Å². The third-order valence-electron chi connectivity index (χ3n) is 3.35. The Hall–Kier alpha value is -1.88. The van der Waals surface area contributed by atoms with Crippen molar-refractivity contribution in [3.63, 3.8) is 0 Å². The number of aromatic nitrogens is 2. The van der Waals surface area contributed by atoms with Crippen LogP contribution in [0.1, 0.15) is 27.7 Å². The van der Waals surface area contributed by atoms with Gasteiger partial charge in [-0.1, -0.05) is 18.2 Å². The zero-order valence-corrected chi connectivity index (χ0v) is 13.1. The Bertz CT molecular complexity index is 621. The maximum Gasteiger partial charge on any atom is 0.327 e. The van der Waals surface area contributed by atoms with E-state index < -0.39 is 5.54 Å². The molecule has 21 heavy (non-hydrogen) atoms.